The van der Waals surface area contributed by atoms with Gasteiger partial charge >= 0.3 is 17.7 Å². The molecule has 43 heavy (non-hydrogen) atoms. The van der Waals surface area contributed by atoms with Crippen molar-refractivity contribution in [2.75, 3.05) is 6.54 Å². The van der Waals surface area contributed by atoms with Crippen molar-refractivity contribution in [3.63, 3.8) is 0 Å². The lowest BCUT2D eigenvalue weighted by atomic mass is 10.1. The van der Waals surface area contributed by atoms with Crippen molar-refractivity contribution in [2.24, 2.45) is 0 Å². The van der Waals surface area contributed by atoms with Crippen molar-refractivity contribution in [3.8, 4) is 11.5 Å². The maximum Gasteiger partial charge on any atom is 0.453 e. The molecule has 0 bridgehead atoms. The van der Waals surface area contributed by atoms with Gasteiger partial charge in [-0.1, -0.05) is 90.5 Å². The van der Waals surface area contributed by atoms with Crippen molar-refractivity contribution in [3.05, 3.63) is 130 Å². The SMILES string of the molecule is CC(Cc1ccc2c(c1)OC(C(=O)OCc1ccccc1)(C(=O)OCc1ccccc1)O2)NCC(O)c1cccc(Cl)c1. The summed E-state index contributed by atoms with van der Waals surface area (Å²) in [6.45, 7) is 2.16. The number of aliphatic hydroxyl groups is 1. The van der Waals surface area contributed by atoms with Gasteiger partial charge in [0.05, 0.1) is 6.10 Å². The fraction of sp³-hybridized carbons (Fsp3) is 0.235. The molecule has 9 heteroatoms. The van der Waals surface area contributed by atoms with Crippen LogP contribution in [0.25, 0.3) is 0 Å². The normalized spacial score (nSPS) is 14.5. The quantitative estimate of drug-likeness (QED) is 0.161. The van der Waals surface area contributed by atoms with Crippen LogP contribution in [-0.2, 0) is 38.7 Å². The summed E-state index contributed by atoms with van der Waals surface area (Å²) >= 11 is 6.04. The van der Waals surface area contributed by atoms with Crippen LogP contribution >= 0.6 is 11.6 Å². The fourth-order valence-electron chi connectivity index (χ4n) is 4.63. The van der Waals surface area contributed by atoms with Gasteiger partial charge < -0.3 is 29.4 Å². The Morgan fingerprint density at radius 2 is 1.40 bits per heavy atom. The van der Waals surface area contributed by atoms with Crippen molar-refractivity contribution < 1.29 is 33.6 Å². The zero-order valence-corrected chi connectivity index (χ0v) is 24.3. The Bertz CT molecular complexity index is 1490. The monoisotopic (exact) mass is 601 g/mol. The summed E-state index contributed by atoms with van der Waals surface area (Å²) in [4.78, 5) is 26.8. The summed E-state index contributed by atoms with van der Waals surface area (Å²) in [5.74, 6) is -4.05. The average molecular weight is 602 g/mol. The largest absolute Gasteiger partial charge is 0.455 e. The molecule has 0 saturated carbocycles. The highest BCUT2D eigenvalue weighted by Gasteiger charge is 2.60. The number of hydrogen-bond donors (Lipinski definition) is 2. The van der Waals surface area contributed by atoms with E-state index >= 15 is 0 Å². The predicted octanol–water partition coefficient (Wildman–Crippen LogP) is 5.55. The lowest BCUT2D eigenvalue weighted by Gasteiger charge is -2.23. The summed E-state index contributed by atoms with van der Waals surface area (Å²) in [5, 5.41) is 14.4. The lowest BCUT2D eigenvalue weighted by molar-refractivity contribution is -0.204. The third-order valence-electron chi connectivity index (χ3n) is 6.91. The Morgan fingerprint density at radius 3 is 2.00 bits per heavy atom. The molecule has 0 spiro atoms. The maximum atomic E-state index is 13.4. The molecule has 0 aliphatic carbocycles. The number of fused-ring (bicyclic) bond motifs is 1. The smallest absolute Gasteiger partial charge is 0.453 e. The van der Waals surface area contributed by atoms with Gasteiger partial charge in [-0.2, -0.15) is 0 Å². The Morgan fingerprint density at radius 1 is 0.791 bits per heavy atom. The molecule has 0 aromatic heterocycles. The van der Waals surface area contributed by atoms with Crippen LogP contribution in [0, 0.1) is 0 Å². The molecule has 5 rings (SSSR count). The van der Waals surface area contributed by atoms with E-state index in [9.17, 15) is 14.7 Å². The van der Waals surface area contributed by atoms with Crippen LogP contribution in [0.2, 0.25) is 5.02 Å². The van der Waals surface area contributed by atoms with Crippen LogP contribution in [-0.4, -0.2) is 35.4 Å². The number of benzene rings is 4. The Labute approximate surface area is 255 Å². The number of ether oxygens (including phenoxy) is 4. The molecule has 2 unspecified atom stereocenters. The number of carbonyl (C=O) groups excluding carboxylic acids is 2. The molecule has 222 valence electrons. The highest BCUT2D eigenvalue weighted by molar-refractivity contribution is 6.30. The molecule has 1 heterocycles. The van der Waals surface area contributed by atoms with Gasteiger partial charge in [0.1, 0.15) is 13.2 Å². The number of nitrogens with one attached hydrogen (secondary N) is 1. The van der Waals surface area contributed by atoms with E-state index in [0.717, 1.165) is 22.3 Å². The number of aliphatic hydroxyl groups excluding tert-OH is 1. The topological polar surface area (TPSA) is 103 Å². The molecule has 1 aliphatic heterocycles. The van der Waals surface area contributed by atoms with Gasteiger partial charge in [-0.15, -0.1) is 0 Å². The second kappa shape index (κ2) is 13.7. The van der Waals surface area contributed by atoms with E-state index in [0.29, 0.717) is 18.0 Å². The summed E-state index contributed by atoms with van der Waals surface area (Å²) in [6, 6.07) is 30.5. The predicted molar refractivity (Wildman–Crippen MR) is 160 cm³/mol. The Kier molecular flexibility index (Phi) is 9.61. The van der Waals surface area contributed by atoms with E-state index < -0.39 is 23.8 Å². The zero-order chi connectivity index (χ0) is 30.2. The van der Waals surface area contributed by atoms with E-state index in [1.54, 1.807) is 54.6 Å². The van der Waals surface area contributed by atoms with Crippen molar-refractivity contribution in [1.29, 1.82) is 0 Å². The number of rotatable bonds is 12. The molecule has 4 aromatic rings. The molecule has 1 aliphatic rings. The van der Waals surface area contributed by atoms with E-state index in [2.05, 4.69) is 5.32 Å². The second-order valence-electron chi connectivity index (χ2n) is 10.3. The van der Waals surface area contributed by atoms with Gasteiger partial charge in [0, 0.05) is 17.6 Å². The van der Waals surface area contributed by atoms with Gasteiger partial charge in [0.15, 0.2) is 11.5 Å². The lowest BCUT2D eigenvalue weighted by Crippen LogP contribution is -2.55. The minimum Gasteiger partial charge on any atom is -0.455 e. The number of esters is 2. The number of hydrogen-bond acceptors (Lipinski definition) is 8. The first-order chi connectivity index (χ1) is 20.8. The first-order valence-corrected chi connectivity index (χ1v) is 14.3. The number of halogens is 1. The zero-order valence-electron chi connectivity index (χ0n) is 23.6. The van der Waals surface area contributed by atoms with E-state index in [1.165, 1.54) is 0 Å². The molecule has 4 aromatic carbocycles. The first kappa shape index (κ1) is 30.1. The Balaban J connectivity index is 1.27. The van der Waals surface area contributed by atoms with Crippen LogP contribution < -0.4 is 14.8 Å². The van der Waals surface area contributed by atoms with E-state index in [1.807, 2.05) is 55.5 Å². The van der Waals surface area contributed by atoms with Crippen LogP contribution in [0.15, 0.2) is 103 Å². The number of carbonyl (C=O) groups is 2. The van der Waals surface area contributed by atoms with Crippen molar-refractivity contribution in [1.82, 2.24) is 5.32 Å². The van der Waals surface area contributed by atoms with Gasteiger partial charge in [0.25, 0.3) is 0 Å². The van der Waals surface area contributed by atoms with E-state index in [4.69, 9.17) is 30.5 Å². The Hall–Kier alpha value is -4.37. The fourth-order valence-corrected chi connectivity index (χ4v) is 4.83. The average Bonchev–Trinajstić information content (AvgIpc) is 3.42. The minimum atomic E-state index is -2.45. The van der Waals surface area contributed by atoms with Crippen LogP contribution in [0.3, 0.4) is 0 Å². The van der Waals surface area contributed by atoms with E-state index in [-0.39, 0.29) is 30.8 Å². The van der Waals surface area contributed by atoms with Gasteiger partial charge in [-0.25, -0.2) is 9.59 Å². The highest BCUT2D eigenvalue weighted by atomic mass is 35.5. The van der Waals surface area contributed by atoms with Crippen LogP contribution in [0.4, 0.5) is 0 Å². The minimum absolute atomic E-state index is 0.0226. The summed E-state index contributed by atoms with van der Waals surface area (Å²) in [5.41, 5.74) is 3.07. The molecule has 8 nitrogen and oxygen atoms in total. The van der Waals surface area contributed by atoms with Gasteiger partial charge in [-0.3, -0.25) is 0 Å². The standard InChI is InChI=1S/C34H32ClNO7/c1-23(36-20-29(37)27-13-8-14-28(35)19-27)17-26-15-16-30-31(18-26)43-34(42-30,32(38)40-21-24-9-4-2-5-10-24)33(39)41-22-25-11-6-3-7-12-25/h2-16,18-19,23,29,36-37H,17,20-22H2,1H3. The molecular weight excluding hydrogens is 570 g/mol. The summed E-state index contributed by atoms with van der Waals surface area (Å²) in [6.07, 6.45) is -0.148. The summed E-state index contributed by atoms with van der Waals surface area (Å²) < 4.78 is 22.8. The molecule has 0 saturated heterocycles. The maximum absolute atomic E-state index is 13.4. The molecule has 0 radical (unpaired) electrons. The van der Waals surface area contributed by atoms with Gasteiger partial charge in [-0.05, 0) is 59.9 Å². The van der Waals surface area contributed by atoms with Crippen molar-refractivity contribution >= 4 is 23.5 Å². The molecule has 2 N–H and O–H groups in total. The second-order valence-corrected chi connectivity index (χ2v) is 10.7. The van der Waals surface area contributed by atoms with Crippen LogP contribution in [0.1, 0.15) is 35.3 Å². The highest BCUT2D eigenvalue weighted by Crippen LogP contribution is 2.41. The molecule has 0 fully saturated rings. The van der Waals surface area contributed by atoms with Crippen LogP contribution in [0.5, 0.6) is 11.5 Å². The first-order valence-electron chi connectivity index (χ1n) is 13.9. The summed E-state index contributed by atoms with van der Waals surface area (Å²) in [7, 11) is 0. The molecular formula is C34H32ClNO7. The third kappa shape index (κ3) is 7.53. The third-order valence-corrected chi connectivity index (χ3v) is 7.15. The van der Waals surface area contributed by atoms with Gasteiger partial charge in [0.2, 0.25) is 0 Å². The molecule has 0 amide bonds. The molecule has 2 atom stereocenters. The van der Waals surface area contributed by atoms with Crippen molar-refractivity contribution in [2.45, 2.75) is 44.5 Å².